The molecule has 1 saturated carbocycles. The van der Waals surface area contributed by atoms with Crippen molar-refractivity contribution in [1.29, 1.82) is 0 Å². The maximum Gasteiger partial charge on any atom is 0.253 e. The van der Waals surface area contributed by atoms with Gasteiger partial charge in [0.15, 0.2) is 5.65 Å². The van der Waals surface area contributed by atoms with Crippen LogP contribution in [-0.2, 0) is 4.74 Å². The van der Waals surface area contributed by atoms with Gasteiger partial charge in [0.25, 0.3) is 5.91 Å². The minimum absolute atomic E-state index is 0.0755. The average Bonchev–Trinajstić information content (AvgIpc) is 3.36. The Labute approximate surface area is 157 Å². The molecule has 0 bridgehead atoms. The molecule has 2 atom stereocenters. The fourth-order valence-corrected chi connectivity index (χ4v) is 3.95. The van der Waals surface area contributed by atoms with Crippen LogP contribution in [0.4, 0.5) is 0 Å². The number of nitrogens with zero attached hydrogens (tertiary/aromatic N) is 3. The van der Waals surface area contributed by atoms with Gasteiger partial charge in [-0.05, 0) is 30.9 Å². The minimum atomic E-state index is -0.0755. The Hall–Kier alpha value is -2.73. The van der Waals surface area contributed by atoms with Crippen molar-refractivity contribution in [2.45, 2.75) is 37.3 Å². The highest BCUT2D eigenvalue weighted by atomic mass is 16.5. The third-order valence-corrected chi connectivity index (χ3v) is 5.59. The first-order valence-corrected chi connectivity index (χ1v) is 9.56. The first kappa shape index (κ1) is 16.4. The predicted octanol–water partition coefficient (Wildman–Crippen LogP) is 3.07. The smallest absolute Gasteiger partial charge is 0.253 e. The van der Waals surface area contributed by atoms with Crippen molar-refractivity contribution in [2.75, 3.05) is 13.2 Å². The van der Waals surface area contributed by atoms with Crippen molar-refractivity contribution in [3.05, 3.63) is 60.0 Å². The number of amides is 1. The number of imidazole rings is 1. The normalized spacial score (nSPS) is 22.7. The average molecular weight is 362 g/mol. The number of carbonyl (C=O) groups excluding carboxylic acids is 1. The zero-order valence-corrected chi connectivity index (χ0v) is 15.0. The van der Waals surface area contributed by atoms with Gasteiger partial charge in [0.1, 0.15) is 5.52 Å². The van der Waals surface area contributed by atoms with E-state index < -0.39 is 0 Å². The first-order chi connectivity index (χ1) is 13.3. The second-order valence-electron chi connectivity index (χ2n) is 7.39. The van der Waals surface area contributed by atoms with Crippen LogP contribution in [0.15, 0.2) is 48.9 Å². The van der Waals surface area contributed by atoms with E-state index in [1.54, 1.807) is 6.20 Å². The molecule has 2 fully saturated rings. The van der Waals surface area contributed by atoms with Gasteiger partial charge in [0.05, 0.1) is 11.9 Å². The summed E-state index contributed by atoms with van der Waals surface area (Å²) in [5, 5.41) is 3.12. The van der Waals surface area contributed by atoms with Gasteiger partial charge in [-0.2, -0.15) is 0 Å². The molecule has 3 heterocycles. The van der Waals surface area contributed by atoms with E-state index in [0.29, 0.717) is 17.5 Å². The highest BCUT2D eigenvalue weighted by molar-refractivity contribution is 5.96. The van der Waals surface area contributed by atoms with E-state index in [2.05, 4.69) is 32.0 Å². The van der Waals surface area contributed by atoms with Crippen LogP contribution < -0.4 is 5.32 Å². The number of aromatic nitrogens is 3. The largest absolute Gasteiger partial charge is 0.381 e. The van der Waals surface area contributed by atoms with E-state index >= 15 is 0 Å². The lowest BCUT2D eigenvalue weighted by Crippen LogP contribution is -2.26. The fraction of sp³-hybridized carbons (Fsp3) is 0.381. The van der Waals surface area contributed by atoms with E-state index in [0.717, 1.165) is 43.6 Å². The van der Waals surface area contributed by atoms with Crippen molar-refractivity contribution in [1.82, 2.24) is 19.9 Å². The third kappa shape index (κ3) is 3.21. The van der Waals surface area contributed by atoms with Crippen molar-refractivity contribution in [2.24, 2.45) is 0 Å². The molecule has 6 nitrogen and oxygen atoms in total. The number of hydrogen-bond donors (Lipinski definition) is 1. The van der Waals surface area contributed by atoms with Crippen LogP contribution in [0.3, 0.4) is 0 Å². The number of benzene rings is 1. The molecule has 0 unspecified atom stereocenters. The van der Waals surface area contributed by atoms with Gasteiger partial charge in [-0.25, -0.2) is 9.97 Å². The number of pyridine rings is 1. The van der Waals surface area contributed by atoms with Crippen molar-refractivity contribution in [3.63, 3.8) is 0 Å². The van der Waals surface area contributed by atoms with Crippen LogP contribution in [-0.4, -0.2) is 39.7 Å². The Morgan fingerprint density at radius 1 is 1.15 bits per heavy atom. The van der Waals surface area contributed by atoms with Gasteiger partial charge in [-0.1, -0.05) is 30.3 Å². The number of ether oxygens (including phenoxy) is 1. The Bertz CT molecular complexity index is 963. The van der Waals surface area contributed by atoms with E-state index in [1.165, 1.54) is 5.56 Å². The molecule has 2 aliphatic rings. The molecular weight excluding hydrogens is 340 g/mol. The van der Waals surface area contributed by atoms with Gasteiger partial charge < -0.3 is 14.6 Å². The Balaban J connectivity index is 1.30. The Morgan fingerprint density at radius 3 is 2.78 bits per heavy atom. The maximum atomic E-state index is 12.6. The molecule has 1 aliphatic heterocycles. The topological polar surface area (TPSA) is 69.0 Å². The lowest BCUT2D eigenvalue weighted by Gasteiger charge is -2.23. The number of fused-ring (bicyclic) bond motifs is 1. The molecule has 3 aromatic rings. The van der Waals surface area contributed by atoms with Gasteiger partial charge in [0, 0.05) is 37.4 Å². The molecule has 1 aliphatic carbocycles. The molecular formula is C21H22N4O2. The van der Waals surface area contributed by atoms with Crippen LogP contribution in [0.5, 0.6) is 0 Å². The summed E-state index contributed by atoms with van der Waals surface area (Å²) in [5.41, 5.74) is 3.46. The van der Waals surface area contributed by atoms with Gasteiger partial charge >= 0.3 is 0 Å². The van der Waals surface area contributed by atoms with Crippen molar-refractivity contribution < 1.29 is 9.53 Å². The summed E-state index contributed by atoms with van der Waals surface area (Å²) in [6.45, 7) is 1.55. The molecule has 5 rings (SSSR count). The van der Waals surface area contributed by atoms with Crippen LogP contribution in [0.25, 0.3) is 11.2 Å². The molecule has 6 heteroatoms. The molecule has 1 aromatic carbocycles. The number of nitrogens with one attached hydrogen (secondary N) is 1. The lowest BCUT2D eigenvalue weighted by atomic mass is 10.1. The number of rotatable bonds is 4. The standard InChI is InChI=1S/C21H22N4O2/c26-21(24-18-11-17(18)14-4-2-1-3-5-14)15-10-19-20(22-12-15)25(13-23-19)16-6-8-27-9-7-16/h1-5,10,12-13,16-18H,6-9,11H2,(H,24,26)/t17-,18+/m0/s1. The summed E-state index contributed by atoms with van der Waals surface area (Å²) in [6.07, 6.45) is 6.43. The van der Waals surface area contributed by atoms with Crippen molar-refractivity contribution >= 4 is 17.1 Å². The molecule has 27 heavy (non-hydrogen) atoms. The summed E-state index contributed by atoms with van der Waals surface area (Å²) in [4.78, 5) is 21.6. The van der Waals surface area contributed by atoms with E-state index in [1.807, 2.05) is 30.6 Å². The second kappa shape index (κ2) is 6.78. The lowest BCUT2D eigenvalue weighted by molar-refractivity contribution is 0.0704. The summed E-state index contributed by atoms with van der Waals surface area (Å²) in [7, 11) is 0. The van der Waals surface area contributed by atoms with Crippen LogP contribution in [0, 0.1) is 0 Å². The molecule has 1 N–H and O–H groups in total. The fourth-order valence-electron chi connectivity index (χ4n) is 3.95. The summed E-state index contributed by atoms with van der Waals surface area (Å²) < 4.78 is 7.55. The van der Waals surface area contributed by atoms with Crippen LogP contribution in [0.1, 0.15) is 47.1 Å². The molecule has 138 valence electrons. The summed E-state index contributed by atoms with van der Waals surface area (Å²) >= 11 is 0. The van der Waals surface area contributed by atoms with Gasteiger partial charge in [0.2, 0.25) is 0 Å². The maximum absolute atomic E-state index is 12.6. The number of hydrogen-bond acceptors (Lipinski definition) is 4. The van der Waals surface area contributed by atoms with Gasteiger partial charge in [-0.15, -0.1) is 0 Å². The Morgan fingerprint density at radius 2 is 1.96 bits per heavy atom. The molecule has 1 saturated heterocycles. The van der Waals surface area contributed by atoms with Crippen LogP contribution >= 0.6 is 0 Å². The first-order valence-electron chi connectivity index (χ1n) is 9.56. The Kier molecular flexibility index (Phi) is 4.13. The monoisotopic (exact) mass is 362 g/mol. The zero-order chi connectivity index (χ0) is 18.2. The highest BCUT2D eigenvalue weighted by Gasteiger charge is 2.39. The minimum Gasteiger partial charge on any atom is -0.381 e. The van der Waals surface area contributed by atoms with Crippen molar-refractivity contribution in [3.8, 4) is 0 Å². The molecule has 1 amide bonds. The van der Waals surface area contributed by atoms with Gasteiger partial charge in [-0.3, -0.25) is 4.79 Å². The highest BCUT2D eigenvalue weighted by Crippen LogP contribution is 2.40. The molecule has 0 spiro atoms. The predicted molar refractivity (Wildman–Crippen MR) is 102 cm³/mol. The molecule has 0 radical (unpaired) electrons. The van der Waals surface area contributed by atoms with E-state index in [4.69, 9.17) is 4.74 Å². The van der Waals surface area contributed by atoms with E-state index in [-0.39, 0.29) is 11.9 Å². The SMILES string of the molecule is O=C(N[C@@H]1C[C@H]1c1ccccc1)c1cnc2c(c1)ncn2C1CCOCC1. The second-order valence-corrected chi connectivity index (χ2v) is 7.39. The van der Waals surface area contributed by atoms with Crippen LogP contribution in [0.2, 0.25) is 0 Å². The van der Waals surface area contributed by atoms with E-state index in [9.17, 15) is 4.79 Å². The summed E-state index contributed by atoms with van der Waals surface area (Å²) in [5.74, 6) is 0.341. The molecule has 2 aromatic heterocycles. The number of carbonyl (C=O) groups is 1. The third-order valence-electron chi connectivity index (χ3n) is 5.59. The quantitative estimate of drug-likeness (QED) is 0.774. The summed E-state index contributed by atoms with van der Waals surface area (Å²) in [6, 6.07) is 12.7. The zero-order valence-electron chi connectivity index (χ0n) is 15.0.